The highest BCUT2D eigenvalue weighted by molar-refractivity contribution is 6.08. The number of nitrogens with zero attached hydrogens (tertiary/aromatic N) is 2. The van der Waals surface area contributed by atoms with Crippen LogP contribution in [0.1, 0.15) is 74.1 Å². The van der Waals surface area contributed by atoms with Gasteiger partial charge in [-0.2, -0.15) is 0 Å². The van der Waals surface area contributed by atoms with E-state index in [1.807, 2.05) is 72.8 Å². The van der Waals surface area contributed by atoms with Gasteiger partial charge in [-0.05, 0) is 56.9 Å². The molecule has 5 rings (SSSR count). The summed E-state index contributed by atoms with van der Waals surface area (Å²) in [6.07, 6.45) is 4.19. The largest absolute Gasteiger partial charge is 0.345 e. The number of rotatable bonds is 7. The van der Waals surface area contributed by atoms with Crippen molar-refractivity contribution in [2.24, 2.45) is 0 Å². The van der Waals surface area contributed by atoms with Crippen molar-refractivity contribution in [3.8, 4) is 5.69 Å². The molecule has 1 aliphatic rings. The Morgan fingerprint density at radius 3 is 2.08 bits per heavy atom. The van der Waals surface area contributed by atoms with Gasteiger partial charge in [0.05, 0.1) is 17.3 Å². The molecule has 1 amide bonds. The second-order valence-electron chi connectivity index (χ2n) is 10.5. The summed E-state index contributed by atoms with van der Waals surface area (Å²) in [6.45, 7) is 7.12. The van der Waals surface area contributed by atoms with Crippen LogP contribution in [-0.4, -0.2) is 27.5 Å². The topological polar surface area (TPSA) is 54.3 Å². The lowest BCUT2D eigenvalue weighted by Crippen LogP contribution is -2.45. The first-order chi connectivity index (χ1) is 18.5. The predicted molar refractivity (Wildman–Crippen MR) is 155 cm³/mol. The number of fused-ring (bicyclic) bond motifs is 1. The highest BCUT2D eigenvalue weighted by Crippen LogP contribution is 2.30. The molecule has 2 heterocycles. The molecule has 3 aromatic carbocycles. The van der Waals surface area contributed by atoms with E-state index in [0.717, 1.165) is 36.2 Å². The number of hydrogen-bond acceptors (Lipinski definition) is 3. The Hall–Kier alpha value is -3.70. The maximum atomic E-state index is 14.3. The third kappa shape index (κ3) is 5.03. The number of pyridine rings is 1. The smallest absolute Gasteiger partial charge is 0.263 e. The molecule has 5 heteroatoms. The average molecular weight is 508 g/mol. The zero-order chi connectivity index (χ0) is 26.6. The second kappa shape index (κ2) is 11.4. The van der Waals surface area contributed by atoms with E-state index in [-0.39, 0.29) is 17.5 Å². The van der Waals surface area contributed by atoms with Gasteiger partial charge in [0.15, 0.2) is 0 Å². The van der Waals surface area contributed by atoms with Crippen LogP contribution in [0.5, 0.6) is 0 Å². The van der Waals surface area contributed by atoms with Gasteiger partial charge >= 0.3 is 0 Å². The van der Waals surface area contributed by atoms with Gasteiger partial charge in [-0.3, -0.25) is 19.1 Å². The number of likely N-dealkylation sites (tertiary alicyclic amines) is 1. The number of hydrogen-bond donors (Lipinski definition) is 1. The molecule has 1 aliphatic heterocycles. The number of para-hydroxylation sites is 1. The van der Waals surface area contributed by atoms with Crippen molar-refractivity contribution in [3.05, 3.63) is 112 Å². The molecule has 0 saturated carbocycles. The van der Waals surface area contributed by atoms with Crippen molar-refractivity contribution < 1.29 is 4.79 Å². The molecule has 2 unspecified atom stereocenters. The quantitative estimate of drug-likeness (QED) is 0.305. The Morgan fingerprint density at radius 2 is 1.45 bits per heavy atom. The molecule has 38 heavy (non-hydrogen) atoms. The Bertz CT molecular complexity index is 1450. The normalized spacial score (nSPS) is 18.8. The van der Waals surface area contributed by atoms with Gasteiger partial charge in [0.25, 0.3) is 11.5 Å². The minimum Gasteiger partial charge on any atom is -0.345 e. The molecule has 0 aliphatic carbocycles. The monoisotopic (exact) mass is 507 g/mol. The van der Waals surface area contributed by atoms with Gasteiger partial charge < -0.3 is 5.32 Å². The zero-order valence-corrected chi connectivity index (χ0v) is 22.6. The van der Waals surface area contributed by atoms with Crippen LogP contribution in [0.4, 0.5) is 0 Å². The fourth-order valence-corrected chi connectivity index (χ4v) is 5.95. The minimum absolute atomic E-state index is 0.0919. The van der Waals surface area contributed by atoms with Crippen LogP contribution in [0.25, 0.3) is 16.5 Å². The van der Waals surface area contributed by atoms with E-state index >= 15 is 0 Å². The van der Waals surface area contributed by atoms with Crippen LogP contribution in [0.3, 0.4) is 0 Å². The molecule has 0 bridgehead atoms. The fraction of sp³-hybridized carbons (Fsp3) is 0.333. The lowest BCUT2D eigenvalue weighted by molar-refractivity contribution is 0.0883. The first kappa shape index (κ1) is 25.9. The van der Waals surface area contributed by atoms with Crippen molar-refractivity contribution >= 4 is 16.7 Å². The highest BCUT2D eigenvalue weighted by Gasteiger charge is 2.30. The third-order valence-corrected chi connectivity index (χ3v) is 8.05. The van der Waals surface area contributed by atoms with Gasteiger partial charge in [0, 0.05) is 35.1 Å². The lowest BCUT2D eigenvalue weighted by atomic mass is 9.95. The molecule has 0 spiro atoms. The Labute approximate surface area is 225 Å². The molecule has 1 N–H and O–H groups in total. The summed E-state index contributed by atoms with van der Waals surface area (Å²) in [5.41, 5.74) is 3.10. The first-order valence-electron chi connectivity index (χ1n) is 13.8. The van der Waals surface area contributed by atoms with Gasteiger partial charge in [0.2, 0.25) is 0 Å². The van der Waals surface area contributed by atoms with E-state index in [0.29, 0.717) is 35.0 Å². The summed E-state index contributed by atoms with van der Waals surface area (Å²) in [6, 6.07) is 27.9. The van der Waals surface area contributed by atoms with E-state index in [2.05, 4.69) is 43.1 Å². The van der Waals surface area contributed by atoms with E-state index in [4.69, 9.17) is 0 Å². The molecule has 196 valence electrons. The lowest BCUT2D eigenvalue weighted by Gasteiger charge is -2.39. The van der Waals surface area contributed by atoms with Crippen LogP contribution in [0.2, 0.25) is 0 Å². The van der Waals surface area contributed by atoms with Gasteiger partial charge in [-0.25, -0.2) is 0 Å². The van der Waals surface area contributed by atoms with Crippen LogP contribution in [0, 0.1) is 0 Å². The number of nitrogens with one attached hydrogen (secondary N) is 1. The molecular formula is C33H37N3O2. The van der Waals surface area contributed by atoms with Gasteiger partial charge in [-0.1, -0.05) is 80.1 Å². The number of aromatic nitrogens is 1. The molecule has 5 nitrogen and oxygen atoms in total. The molecule has 1 saturated heterocycles. The van der Waals surface area contributed by atoms with Crippen LogP contribution in [-0.2, 0) is 6.54 Å². The van der Waals surface area contributed by atoms with Crippen molar-refractivity contribution in [1.82, 2.24) is 14.8 Å². The summed E-state index contributed by atoms with van der Waals surface area (Å²) < 4.78 is 1.77. The Morgan fingerprint density at radius 1 is 0.868 bits per heavy atom. The van der Waals surface area contributed by atoms with E-state index in [9.17, 15) is 9.59 Å². The van der Waals surface area contributed by atoms with Crippen LogP contribution >= 0.6 is 0 Å². The zero-order valence-electron chi connectivity index (χ0n) is 22.6. The van der Waals surface area contributed by atoms with Crippen molar-refractivity contribution in [3.63, 3.8) is 0 Å². The number of amides is 1. The maximum absolute atomic E-state index is 14.3. The summed E-state index contributed by atoms with van der Waals surface area (Å²) in [7, 11) is 0. The molecule has 1 aromatic heterocycles. The Kier molecular flexibility index (Phi) is 7.75. The Balaban J connectivity index is 1.73. The molecule has 1 fully saturated rings. The molecule has 4 aromatic rings. The predicted octanol–water partition coefficient (Wildman–Crippen LogP) is 6.63. The van der Waals surface area contributed by atoms with Gasteiger partial charge in [-0.15, -0.1) is 0 Å². The minimum atomic E-state index is -0.145. The van der Waals surface area contributed by atoms with Crippen molar-refractivity contribution in [2.45, 2.75) is 71.1 Å². The molecular weight excluding hydrogens is 470 g/mol. The second-order valence-corrected chi connectivity index (χ2v) is 10.5. The van der Waals surface area contributed by atoms with Gasteiger partial charge in [0.1, 0.15) is 0 Å². The standard InChI is InChI=1S/C33H37N3O2/c1-4-29(25-16-7-5-8-17-25)34-32(37)31-27-20-11-12-21-28(27)33(38)36(26-18-9-6-10-19-26)30(31)22-35-23(2)14-13-15-24(35)3/h5-12,16-21,23-24,29H,4,13-15,22H2,1-3H3,(H,34,37)/t23-,24?,29?/m0/s1. The number of piperidine rings is 1. The summed E-state index contributed by atoms with van der Waals surface area (Å²) in [4.78, 5) is 30.8. The number of benzene rings is 3. The van der Waals surface area contributed by atoms with Crippen molar-refractivity contribution in [2.75, 3.05) is 0 Å². The number of carbonyl (C=O) groups excluding carboxylic acids is 1. The van der Waals surface area contributed by atoms with Crippen LogP contribution in [0.15, 0.2) is 89.7 Å². The third-order valence-electron chi connectivity index (χ3n) is 8.05. The van der Waals surface area contributed by atoms with E-state index in [1.165, 1.54) is 6.42 Å². The SMILES string of the molecule is CCC(NC(=O)c1c(CN2C(C)CCC[C@@H]2C)n(-c2ccccc2)c(=O)c2ccccc12)c1ccccc1. The summed E-state index contributed by atoms with van der Waals surface area (Å²) in [5.74, 6) is -0.145. The molecule has 3 atom stereocenters. The highest BCUT2D eigenvalue weighted by atomic mass is 16.2. The van der Waals surface area contributed by atoms with Crippen molar-refractivity contribution in [1.29, 1.82) is 0 Å². The number of carbonyl (C=O) groups is 1. The fourth-order valence-electron chi connectivity index (χ4n) is 5.95. The maximum Gasteiger partial charge on any atom is 0.263 e. The molecule has 0 radical (unpaired) electrons. The summed E-state index contributed by atoms with van der Waals surface area (Å²) in [5, 5.41) is 4.58. The van der Waals surface area contributed by atoms with Crippen LogP contribution < -0.4 is 10.9 Å². The summed E-state index contributed by atoms with van der Waals surface area (Å²) >= 11 is 0. The average Bonchev–Trinajstić information content (AvgIpc) is 2.95. The van der Waals surface area contributed by atoms with E-state index < -0.39 is 0 Å². The van der Waals surface area contributed by atoms with E-state index in [1.54, 1.807) is 4.57 Å². The first-order valence-corrected chi connectivity index (χ1v) is 13.8.